The smallest absolute Gasteiger partial charge is 0.258 e. The first-order chi connectivity index (χ1) is 8.58. The minimum atomic E-state index is -0.388. The van der Waals surface area contributed by atoms with Crippen molar-refractivity contribution in [2.24, 2.45) is 5.73 Å². The van der Waals surface area contributed by atoms with Crippen LogP contribution in [-0.2, 0) is 5.54 Å². The van der Waals surface area contributed by atoms with Crippen LogP contribution in [0.4, 0.5) is 0 Å². The fourth-order valence-electron chi connectivity index (χ4n) is 1.95. The molecule has 0 radical (unpaired) electrons. The largest absolute Gasteiger partial charge is 0.334 e. The molecule has 6 heteroatoms. The highest BCUT2D eigenvalue weighted by Crippen LogP contribution is 2.37. The van der Waals surface area contributed by atoms with Gasteiger partial charge in [-0.1, -0.05) is 16.8 Å². The average Bonchev–Trinajstić information content (AvgIpc) is 2.79. The molecule has 0 atom stereocenters. The summed E-state index contributed by atoms with van der Waals surface area (Å²) in [4.78, 5) is 4.40. The van der Waals surface area contributed by atoms with Crippen molar-refractivity contribution in [2.75, 3.05) is 0 Å². The molecular formula is C12H11ClIN3O. The molecular weight excluding hydrogens is 365 g/mol. The van der Waals surface area contributed by atoms with Gasteiger partial charge < -0.3 is 10.3 Å². The monoisotopic (exact) mass is 375 g/mol. The van der Waals surface area contributed by atoms with Gasteiger partial charge in [-0.2, -0.15) is 4.98 Å². The Morgan fingerprint density at radius 1 is 1.39 bits per heavy atom. The van der Waals surface area contributed by atoms with E-state index in [2.05, 4.69) is 32.7 Å². The highest BCUT2D eigenvalue weighted by molar-refractivity contribution is 14.1. The number of hydrogen-bond donors (Lipinski definition) is 1. The van der Waals surface area contributed by atoms with E-state index in [0.29, 0.717) is 16.7 Å². The van der Waals surface area contributed by atoms with Crippen molar-refractivity contribution in [2.45, 2.75) is 24.8 Å². The van der Waals surface area contributed by atoms with Gasteiger partial charge in [-0.3, -0.25) is 0 Å². The molecule has 0 amide bonds. The predicted octanol–water partition coefficient (Wildman–Crippen LogP) is 3.33. The van der Waals surface area contributed by atoms with Crippen LogP contribution in [0.5, 0.6) is 0 Å². The van der Waals surface area contributed by atoms with E-state index in [1.165, 1.54) is 0 Å². The summed E-state index contributed by atoms with van der Waals surface area (Å²) in [5, 5.41) is 4.71. The number of halogens is 2. The lowest BCUT2D eigenvalue weighted by Gasteiger charge is -2.34. The van der Waals surface area contributed by atoms with Crippen molar-refractivity contribution >= 4 is 34.2 Å². The highest BCUT2D eigenvalue weighted by Gasteiger charge is 2.39. The van der Waals surface area contributed by atoms with Crippen LogP contribution < -0.4 is 5.73 Å². The Kier molecular flexibility index (Phi) is 3.07. The lowest BCUT2D eigenvalue weighted by atomic mass is 9.77. The third-order valence-electron chi connectivity index (χ3n) is 3.28. The van der Waals surface area contributed by atoms with Gasteiger partial charge in [0.25, 0.3) is 5.89 Å². The van der Waals surface area contributed by atoms with E-state index in [-0.39, 0.29) is 5.54 Å². The molecule has 1 heterocycles. The Labute approximate surface area is 123 Å². The second-order valence-corrected chi connectivity index (χ2v) is 6.13. The van der Waals surface area contributed by atoms with Gasteiger partial charge in [0.2, 0.25) is 0 Å². The summed E-state index contributed by atoms with van der Waals surface area (Å²) < 4.78 is 6.24. The zero-order valence-corrected chi connectivity index (χ0v) is 12.4. The summed E-state index contributed by atoms with van der Waals surface area (Å²) in [6.07, 6.45) is 2.97. The molecule has 1 aromatic heterocycles. The molecule has 94 valence electrons. The maximum atomic E-state index is 6.16. The number of nitrogens with zero attached hydrogens (tertiary/aromatic N) is 2. The summed E-state index contributed by atoms with van der Waals surface area (Å²) >= 11 is 8.16. The molecule has 2 N–H and O–H groups in total. The van der Waals surface area contributed by atoms with Crippen LogP contribution >= 0.6 is 34.2 Å². The van der Waals surface area contributed by atoms with Crippen molar-refractivity contribution in [3.63, 3.8) is 0 Å². The maximum Gasteiger partial charge on any atom is 0.258 e. The average molecular weight is 376 g/mol. The molecule has 1 aromatic carbocycles. The van der Waals surface area contributed by atoms with Gasteiger partial charge in [-0.15, -0.1) is 0 Å². The molecule has 0 saturated heterocycles. The number of rotatable bonds is 2. The number of hydrogen-bond acceptors (Lipinski definition) is 4. The van der Waals surface area contributed by atoms with Gasteiger partial charge in [0.05, 0.1) is 10.6 Å². The van der Waals surface area contributed by atoms with Crippen molar-refractivity contribution in [1.29, 1.82) is 0 Å². The molecule has 0 bridgehead atoms. The predicted molar refractivity (Wildman–Crippen MR) is 77.2 cm³/mol. The first kappa shape index (κ1) is 12.4. The quantitative estimate of drug-likeness (QED) is 0.818. The Balaban J connectivity index is 1.95. The molecule has 1 aliphatic rings. The van der Waals surface area contributed by atoms with Gasteiger partial charge in [0.15, 0.2) is 5.82 Å². The first-order valence-corrected chi connectivity index (χ1v) is 7.13. The summed E-state index contributed by atoms with van der Waals surface area (Å²) in [5.41, 5.74) is 6.64. The van der Waals surface area contributed by atoms with E-state index in [4.69, 9.17) is 21.9 Å². The fraction of sp³-hybridized carbons (Fsp3) is 0.333. The summed E-state index contributed by atoms with van der Waals surface area (Å²) in [7, 11) is 0. The summed E-state index contributed by atoms with van der Waals surface area (Å²) in [6, 6.07) is 5.61. The van der Waals surface area contributed by atoms with Crippen molar-refractivity contribution in [1.82, 2.24) is 10.1 Å². The van der Waals surface area contributed by atoms with Gasteiger partial charge >= 0.3 is 0 Å². The van der Waals surface area contributed by atoms with Crippen molar-refractivity contribution < 1.29 is 4.52 Å². The topological polar surface area (TPSA) is 64.9 Å². The number of nitrogens with two attached hydrogens (primary N) is 1. The third kappa shape index (κ3) is 2.04. The number of aromatic nitrogens is 2. The molecule has 3 rings (SSSR count). The van der Waals surface area contributed by atoms with E-state index >= 15 is 0 Å². The molecule has 1 fully saturated rings. The van der Waals surface area contributed by atoms with Crippen LogP contribution in [0, 0.1) is 3.57 Å². The van der Waals surface area contributed by atoms with Gasteiger partial charge in [-0.05, 0) is 60.1 Å². The van der Waals surface area contributed by atoms with Crippen molar-refractivity contribution in [3.05, 3.63) is 32.6 Å². The molecule has 1 aliphatic carbocycles. The first-order valence-electron chi connectivity index (χ1n) is 5.67. The van der Waals surface area contributed by atoms with Crippen LogP contribution in [0.25, 0.3) is 11.5 Å². The molecule has 0 spiro atoms. The van der Waals surface area contributed by atoms with E-state index in [0.717, 1.165) is 28.4 Å². The summed E-state index contributed by atoms with van der Waals surface area (Å²) in [6.45, 7) is 0. The van der Waals surface area contributed by atoms with Gasteiger partial charge in [-0.25, -0.2) is 0 Å². The standard InChI is InChI=1S/C12H11ClIN3O/c13-8-3-2-7(6-9(8)14)10-16-11(17-18-10)12(15)4-1-5-12/h2-3,6H,1,4-5,15H2. The molecule has 1 saturated carbocycles. The molecule has 2 aromatic rings. The molecule has 0 aliphatic heterocycles. The zero-order valence-electron chi connectivity index (χ0n) is 9.49. The Morgan fingerprint density at radius 3 is 2.78 bits per heavy atom. The molecule has 18 heavy (non-hydrogen) atoms. The Morgan fingerprint density at radius 2 is 2.17 bits per heavy atom. The van der Waals surface area contributed by atoms with Crippen LogP contribution in [0.1, 0.15) is 25.1 Å². The Hall–Kier alpha value is -0.660. The van der Waals surface area contributed by atoms with Gasteiger partial charge in [0.1, 0.15) is 0 Å². The van der Waals surface area contributed by atoms with E-state index < -0.39 is 0 Å². The minimum Gasteiger partial charge on any atom is -0.334 e. The lowest BCUT2D eigenvalue weighted by Crippen LogP contribution is -2.44. The number of benzene rings is 1. The van der Waals surface area contributed by atoms with Crippen LogP contribution in [0.2, 0.25) is 5.02 Å². The molecule has 0 unspecified atom stereocenters. The maximum absolute atomic E-state index is 6.16. The normalized spacial score (nSPS) is 17.5. The SMILES string of the molecule is NC1(c2noc(-c3ccc(Cl)c(I)c3)n2)CCC1. The second-order valence-electron chi connectivity index (χ2n) is 4.56. The van der Waals surface area contributed by atoms with E-state index in [1.54, 1.807) is 0 Å². The third-order valence-corrected chi connectivity index (χ3v) is 4.82. The van der Waals surface area contributed by atoms with E-state index in [1.807, 2.05) is 18.2 Å². The van der Waals surface area contributed by atoms with Crippen LogP contribution in [0.15, 0.2) is 22.7 Å². The van der Waals surface area contributed by atoms with Crippen LogP contribution in [0.3, 0.4) is 0 Å². The second kappa shape index (κ2) is 4.47. The minimum absolute atomic E-state index is 0.388. The van der Waals surface area contributed by atoms with Crippen molar-refractivity contribution in [3.8, 4) is 11.5 Å². The molecule has 4 nitrogen and oxygen atoms in total. The fourth-order valence-corrected chi connectivity index (χ4v) is 2.59. The van der Waals surface area contributed by atoms with Gasteiger partial charge in [0, 0.05) is 9.13 Å². The highest BCUT2D eigenvalue weighted by atomic mass is 127. The van der Waals surface area contributed by atoms with E-state index in [9.17, 15) is 0 Å². The zero-order chi connectivity index (χ0) is 12.8. The Bertz CT molecular complexity index is 595. The lowest BCUT2D eigenvalue weighted by molar-refractivity contribution is 0.229. The summed E-state index contributed by atoms with van der Waals surface area (Å²) in [5.74, 6) is 1.10. The van der Waals surface area contributed by atoms with Crippen LogP contribution in [-0.4, -0.2) is 10.1 Å².